The summed E-state index contributed by atoms with van der Waals surface area (Å²) in [5.41, 5.74) is -2.53. The maximum atomic E-state index is 13.9. The van der Waals surface area contributed by atoms with Gasteiger partial charge in [0.25, 0.3) is 0 Å². The number of aliphatic hydroxyl groups is 2. The molecule has 0 aromatic rings. The summed E-state index contributed by atoms with van der Waals surface area (Å²) in [4.78, 5) is 28.3. The second-order valence-electron chi connectivity index (χ2n) is 15.7. The van der Waals surface area contributed by atoms with Gasteiger partial charge in [0, 0.05) is 13.5 Å². The number of esters is 1. The zero-order chi connectivity index (χ0) is 36.8. The molecule has 0 spiro atoms. The van der Waals surface area contributed by atoms with Crippen molar-refractivity contribution in [2.75, 3.05) is 28.3 Å². The quantitative estimate of drug-likeness (QED) is 0.195. The fourth-order valence-electron chi connectivity index (χ4n) is 6.01. The van der Waals surface area contributed by atoms with Crippen LogP contribution in [0.2, 0.25) is 18.1 Å². The first-order valence-electron chi connectivity index (χ1n) is 17.3. The van der Waals surface area contributed by atoms with Crippen molar-refractivity contribution in [3.63, 3.8) is 0 Å². The lowest BCUT2D eigenvalue weighted by Gasteiger charge is -2.47. The number of ether oxygens (including phenoxy) is 6. The second kappa shape index (κ2) is 17.1. The summed E-state index contributed by atoms with van der Waals surface area (Å²) in [5.74, 6) is -1.27. The van der Waals surface area contributed by atoms with Gasteiger partial charge >= 0.3 is 12.1 Å². The molecule has 2 N–H and O–H groups in total. The van der Waals surface area contributed by atoms with E-state index >= 15 is 0 Å². The lowest BCUT2D eigenvalue weighted by atomic mass is 9.85. The highest BCUT2D eigenvalue weighted by Crippen LogP contribution is 2.41. The number of hydrogen-bond donors (Lipinski definition) is 2. The first-order chi connectivity index (χ1) is 22.0. The highest BCUT2D eigenvalue weighted by molar-refractivity contribution is 6.74. The van der Waals surface area contributed by atoms with E-state index in [1.54, 1.807) is 21.0 Å². The molecule has 48 heavy (non-hydrogen) atoms. The zero-order valence-corrected chi connectivity index (χ0v) is 32.9. The van der Waals surface area contributed by atoms with Gasteiger partial charge in [-0.2, -0.15) is 0 Å². The van der Waals surface area contributed by atoms with E-state index in [-0.39, 0.29) is 30.0 Å². The van der Waals surface area contributed by atoms with Gasteiger partial charge in [0.15, 0.2) is 20.7 Å². The third kappa shape index (κ3) is 11.0. The fraction of sp³-hybridized carbons (Fsp3) is 0.886. The molecule has 2 aliphatic heterocycles. The minimum Gasteiger partial charge on any atom is -0.459 e. The van der Waals surface area contributed by atoms with Crippen LogP contribution in [0.15, 0.2) is 12.2 Å². The SMILES string of the molecule is CC[C@H]1OC(=O)[C@H](C)[C@@H](O[Si](C)(C)C(C)(C)C)C[C@@H](O[C@@H]2O[C@H](C)C[C@H](N(C)C)[C@H]2OC(=O)OC)[C@](C)(OC)CC[C@@H](O)/C=C/[C@]1(C)O. The normalized spacial score (nSPS) is 38.5. The van der Waals surface area contributed by atoms with Crippen molar-refractivity contribution in [2.45, 2.75) is 166 Å². The van der Waals surface area contributed by atoms with Gasteiger partial charge in [0.1, 0.15) is 11.7 Å². The minimum atomic E-state index is -2.48. The van der Waals surface area contributed by atoms with Crippen molar-refractivity contribution in [2.24, 2.45) is 5.92 Å². The molecule has 2 heterocycles. The number of cyclic esters (lactones) is 1. The molecule has 12 nitrogen and oxygen atoms in total. The summed E-state index contributed by atoms with van der Waals surface area (Å²) in [6.45, 7) is 19.6. The summed E-state index contributed by atoms with van der Waals surface area (Å²) < 4.78 is 43.0. The van der Waals surface area contributed by atoms with E-state index in [0.29, 0.717) is 19.3 Å². The van der Waals surface area contributed by atoms with Crippen LogP contribution in [0.25, 0.3) is 0 Å². The number of methoxy groups -OCH3 is 2. The molecule has 0 aromatic carbocycles. The van der Waals surface area contributed by atoms with Gasteiger partial charge in [-0.15, -0.1) is 0 Å². The van der Waals surface area contributed by atoms with E-state index < -0.39 is 74.4 Å². The predicted molar refractivity (Wildman–Crippen MR) is 185 cm³/mol. The van der Waals surface area contributed by atoms with Crippen molar-refractivity contribution in [3.05, 3.63) is 12.2 Å². The first-order valence-corrected chi connectivity index (χ1v) is 20.2. The zero-order valence-electron chi connectivity index (χ0n) is 31.9. The summed E-state index contributed by atoms with van der Waals surface area (Å²) in [6, 6.07) is -0.246. The lowest BCUT2D eigenvalue weighted by Crippen LogP contribution is -2.59. The minimum absolute atomic E-state index is 0.179. The van der Waals surface area contributed by atoms with Crippen LogP contribution in [0.1, 0.15) is 87.5 Å². The Bertz CT molecular complexity index is 1080. The Morgan fingerprint density at radius 2 is 1.77 bits per heavy atom. The maximum Gasteiger partial charge on any atom is 0.508 e. The number of carbonyl (C=O) groups is 2. The van der Waals surface area contributed by atoms with E-state index in [1.807, 2.05) is 39.8 Å². The highest BCUT2D eigenvalue weighted by atomic mass is 28.4. The van der Waals surface area contributed by atoms with Gasteiger partial charge in [-0.1, -0.05) is 39.8 Å². The Kier molecular flexibility index (Phi) is 15.2. The predicted octanol–water partition coefficient (Wildman–Crippen LogP) is 5.19. The number of likely N-dealkylation sites (N-methyl/N-ethyl adjacent to an activating group) is 1. The van der Waals surface area contributed by atoms with E-state index in [4.69, 9.17) is 32.8 Å². The molecule has 11 atom stereocenters. The van der Waals surface area contributed by atoms with Crippen LogP contribution in [0, 0.1) is 5.92 Å². The van der Waals surface area contributed by atoms with Crippen molar-refractivity contribution in [1.82, 2.24) is 4.90 Å². The largest absolute Gasteiger partial charge is 0.508 e. The Morgan fingerprint density at radius 1 is 1.15 bits per heavy atom. The Balaban J connectivity index is 2.74. The molecule has 0 amide bonds. The van der Waals surface area contributed by atoms with Crippen molar-refractivity contribution >= 4 is 20.4 Å². The molecule has 0 aliphatic carbocycles. The third-order valence-electron chi connectivity index (χ3n) is 10.6. The molecule has 280 valence electrons. The van der Waals surface area contributed by atoms with Crippen LogP contribution in [0.3, 0.4) is 0 Å². The summed E-state index contributed by atoms with van der Waals surface area (Å²) in [5, 5.41) is 22.1. The van der Waals surface area contributed by atoms with Crippen LogP contribution in [0.4, 0.5) is 4.79 Å². The molecule has 0 saturated carbocycles. The molecule has 0 unspecified atom stereocenters. The molecule has 13 heteroatoms. The van der Waals surface area contributed by atoms with Gasteiger partial charge in [-0.3, -0.25) is 4.79 Å². The van der Waals surface area contributed by atoms with E-state index in [2.05, 4.69) is 33.9 Å². The lowest BCUT2D eigenvalue weighted by molar-refractivity contribution is -0.293. The summed E-state index contributed by atoms with van der Waals surface area (Å²) >= 11 is 0. The second-order valence-corrected chi connectivity index (χ2v) is 20.5. The molecule has 2 aliphatic rings. The molecular weight excluding hydrogens is 638 g/mol. The van der Waals surface area contributed by atoms with Crippen LogP contribution >= 0.6 is 0 Å². The Morgan fingerprint density at radius 3 is 2.29 bits per heavy atom. The monoisotopic (exact) mass is 703 g/mol. The van der Waals surface area contributed by atoms with Crippen molar-refractivity contribution in [1.29, 1.82) is 0 Å². The molecule has 2 rings (SSSR count). The number of carbonyl (C=O) groups excluding carboxylic acids is 2. The first kappa shape index (κ1) is 42.6. The standard InChI is InChI=1S/C35H65NO11Si/c1-15-27-34(7,40)18-16-24(37)17-19-35(8,42-12)28(21-26(23(3)30(38)44-27)47-48(13,14)33(4,5)6)45-31-29(46-32(39)41-11)25(36(9)10)20-22(2)43-31/h16,18,22-29,31,37,40H,15,17,19-21H2,1-14H3/b18-16+/t22-,23-,24+,25+,26+,27-,28-,29-,31+,34+,35-/m1/s1. The van der Waals surface area contributed by atoms with Gasteiger partial charge in [-0.05, 0) is 85.6 Å². The molecule has 0 aromatic heterocycles. The van der Waals surface area contributed by atoms with Gasteiger partial charge < -0.3 is 48.0 Å². The van der Waals surface area contributed by atoms with Crippen LogP contribution in [-0.2, 0) is 37.6 Å². The average Bonchev–Trinajstić information content (AvgIpc) is 2.99. The van der Waals surface area contributed by atoms with Crippen molar-refractivity contribution in [3.8, 4) is 0 Å². The topological polar surface area (TPSA) is 142 Å². The molecule has 0 bridgehead atoms. The maximum absolute atomic E-state index is 13.9. The highest BCUT2D eigenvalue weighted by Gasteiger charge is 2.49. The summed E-state index contributed by atoms with van der Waals surface area (Å²) in [6.07, 6.45) is -1.41. The average molecular weight is 704 g/mol. The van der Waals surface area contributed by atoms with Crippen molar-refractivity contribution < 1.29 is 52.6 Å². The smallest absolute Gasteiger partial charge is 0.459 e. The Labute approximate surface area is 289 Å². The fourth-order valence-corrected chi connectivity index (χ4v) is 7.42. The van der Waals surface area contributed by atoms with Gasteiger partial charge in [0.2, 0.25) is 0 Å². The number of hydrogen-bond acceptors (Lipinski definition) is 12. The summed E-state index contributed by atoms with van der Waals surface area (Å²) in [7, 11) is 4.15. The van der Waals surface area contributed by atoms with Gasteiger partial charge in [0.05, 0.1) is 49.1 Å². The number of rotatable bonds is 8. The number of nitrogens with zero attached hydrogens (tertiary/aromatic N) is 1. The van der Waals surface area contributed by atoms with Crippen LogP contribution in [-0.4, -0.2) is 124 Å². The third-order valence-corrected chi connectivity index (χ3v) is 15.1. The molecular formula is C35H65NO11Si. The van der Waals surface area contributed by atoms with Crippen LogP contribution in [0.5, 0.6) is 0 Å². The van der Waals surface area contributed by atoms with E-state index in [1.165, 1.54) is 19.3 Å². The molecule has 0 radical (unpaired) electrons. The van der Waals surface area contributed by atoms with E-state index in [0.717, 1.165) is 0 Å². The van der Waals surface area contributed by atoms with Gasteiger partial charge in [-0.25, -0.2) is 4.79 Å². The molecule has 1 fully saturated rings. The number of aliphatic hydroxyl groups excluding tert-OH is 1. The molecule has 1 saturated heterocycles. The van der Waals surface area contributed by atoms with Crippen LogP contribution < -0.4 is 0 Å². The Hall–Kier alpha value is -1.58. The van der Waals surface area contributed by atoms with E-state index in [9.17, 15) is 19.8 Å².